The molecule has 0 aromatic carbocycles. The fraction of sp³-hybridized carbons (Fsp3) is 0.734. The number of ether oxygens (including phenoxy) is 3. The van der Waals surface area contributed by atoms with Crippen LogP contribution in [0.5, 0.6) is 0 Å². The zero-order valence-electron chi connectivity index (χ0n) is 46.0. The minimum atomic E-state index is -0.789. The number of carbonyl (C=O) groups excluding carboxylic acids is 3. The van der Waals surface area contributed by atoms with Crippen LogP contribution in [0.2, 0.25) is 0 Å². The lowest BCUT2D eigenvalue weighted by Gasteiger charge is -2.18. The van der Waals surface area contributed by atoms with Gasteiger partial charge in [-0.15, -0.1) is 0 Å². The Morgan fingerprint density at radius 1 is 0.300 bits per heavy atom. The monoisotopic (exact) mass is 975 g/mol. The minimum absolute atomic E-state index is 0.0876. The molecule has 1 unspecified atom stereocenters. The van der Waals surface area contributed by atoms with Crippen LogP contribution in [-0.2, 0) is 28.6 Å². The maximum absolute atomic E-state index is 12.9. The van der Waals surface area contributed by atoms with Crippen molar-refractivity contribution in [3.8, 4) is 0 Å². The van der Waals surface area contributed by atoms with Crippen molar-refractivity contribution in [1.82, 2.24) is 0 Å². The van der Waals surface area contributed by atoms with Gasteiger partial charge in [0.25, 0.3) is 0 Å². The zero-order chi connectivity index (χ0) is 50.7. The predicted molar refractivity (Wildman–Crippen MR) is 302 cm³/mol. The maximum Gasteiger partial charge on any atom is 0.306 e. The summed E-state index contributed by atoms with van der Waals surface area (Å²) in [5.41, 5.74) is 0. The van der Waals surface area contributed by atoms with Gasteiger partial charge in [0.2, 0.25) is 0 Å². The normalized spacial score (nSPS) is 12.7. The van der Waals surface area contributed by atoms with Crippen LogP contribution in [0.3, 0.4) is 0 Å². The first-order valence-electron chi connectivity index (χ1n) is 29.6. The smallest absolute Gasteiger partial charge is 0.306 e. The summed E-state index contributed by atoms with van der Waals surface area (Å²) in [6, 6.07) is 0. The molecule has 6 heteroatoms. The van der Waals surface area contributed by atoms with Gasteiger partial charge in [-0.1, -0.05) is 260 Å². The van der Waals surface area contributed by atoms with Crippen molar-refractivity contribution < 1.29 is 28.6 Å². The topological polar surface area (TPSA) is 78.9 Å². The van der Waals surface area contributed by atoms with E-state index in [0.29, 0.717) is 19.3 Å². The highest BCUT2D eigenvalue weighted by Crippen LogP contribution is 2.16. The Morgan fingerprint density at radius 3 is 0.943 bits per heavy atom. The Morgan fingerprint density at radius 2 is 0.586 bits per heavy atom. The highest BCUT2D eigenvalue weighted by Gasteiger charge is 2.19. The molecule has 0 rings (SSSR count). The largest absolute Gasteiger partial charge is 0.462 e. The molecule has 0 amide bonds. The molecule has 0 aromatic rings. The number of rotatable bonds is 53. The number of hydrogen-bond donors (Lipinski definition) is 0. The van der Waals surface area contributed by atoms with Crippen LogP contribution >= 0.6 is 0 Å². The van der Waals surface area contributed by atoms with E-state index in [9.17, 15) is 14.4 Å². The van der Waals surface area contributed by atoms with Gasteiger partial charge in [-0.3, -0.25) is 14.4 Å². The number of hydrogen-bond acceptors (Lipinski definition) is 6. The second kappa shape index (κ2) is 58.2. The van der Waals surface area contributed by atoms with Gasteiger partial charge >= 0.3 is 17.9 Å². The maximum atomic E-state index is 12.9. The molecular formula is C64H110O6. The summed E-state index contributed by atoms with van der Waals surface area (Å²) in [6.45, 7) is 6.46. The van der Waals surface area contributed by atoms with Gasteiger partial charge in [-0.05, 0) is 89.9 Å². The molecule has 1 atom stereocenters. The Bertz CT molecular complexity index is 1350. The van der Waals surface area contributed by atoms with Crippen molar-refractivity contribution in [2.24, 2.45) is 0 Å². The van der Waals surface area contributed by atoms with E-state index >= 15 is 0 Å². The fourth-order valence-electron chi connectivity index (χ4n) is 8.21. The summed E-state index contributed by atoms with van der Waals surface area (Å²) in [4.78, 5) is 38.1. The molecule has 402 valence electrons. The standard InChI is InChI=1S/C64H110O6/c1-4-7-10-13-16-19-22-24-26-28-30-31-32-33-35-36-38-40-42-45-48-51-54-57-63(66)69-60-61(59-68-62(65)56-53-50-47-44-21-18-15-12-9-6-3)70-64(67)58-55-52-49-46-43-41-39-37-34-29-27-25-23-20-17-14-11-8-5-2/h7,10,12,15-16,19,24,26,30-31,33,35,38,40,61H,4-6,8-9,11,13-14,17-18,20-23,25,27-29,32,34,36-37,39,41-60H2,1-3H3/b10-7-,15-12-,19-16-,26-24-,31-30-,35-33-,40-38-. The Kier molecular flexibility index (Phi) is 55.3. The highest BCUT2D eigenvalue weighted by atomic mass is 16.6. The second-order valence-corrected chi connectivity index (χ2v) is 19.5. The van der Waals surface area contributed by atoms with E-state index in [2.05, 4.69) is 106 Å². The van der Waals surface area contributed by atoms with Gasteiger partial charge in [0, 0.05) is 19.3 Å². The average Bonchev–Trinajstić information content (AvgIpc) is 3.36. The number of carbonyl (C=O) groups is 3. The number of unbranched alkanes of at least 4 members (excludes halogenated alkanes) is 28. The van der Waals surface area contributed by atoms with E-state index in [4.69, 9.17) is 14.2 Å². The summed E-state index contributed by atoms with van der Waals surface area (Å²) in [6.07, 6.45) is 75.8. The summed E-state index contributed by atoms with van der Waals surface area (Å²) >= 11 is 0. The third-order valence-electron chi connectivity index (χ3n) is 12.6. The minimum Gasteiger partial charge on any atom is -0.462 e. The molecule has 0 fully saturated rings. The third-order valence-corrected chi connectivity index (χ3v) is 12.6. The Hall–Kier alpha value is -3.41. The molecule has 0 aliphatic carbocycles. The molecule has 0 aliphatic rings. The SMILES string of the molecule is CC/C=C\C/C=C\C/C=C\C/C=C\C/C=C\C/C=C\CCCCCCC(=O)OCC(COC(=O)CCCCCCC/C=C\CCC)OC(=O)CCCCCCCCCCCCCCCCCCCCC. The lowest BCUT2D eigenvalue weighted by molar-refractivity contribution is -0.167. The van der Waals surface area contributed by atoms with E-state index in [1.807, 2.05) is 0 Å². The number of allylic oxidation sites excluding steroid dienone is 14. The van der Waals surface area contributed by atoms with Gasteiger partial charge in [-0.2, -0.15) is 0 Å². The van der Waals surface area contributed by atoms with Crippen molar-refractivity contribution in [1.29, 1.82) is 0 Å². The Balaban J connectivity index is 4.34. The quantitative estimate of drug-likeness (QED) is 0.0261. The van der Waals surface area contributed by atoms with Crippen LogP contribution in [0, 0.1) is 0 Å². The summed E-state index contributed by atoms with van der Waals surface area (Å²) in [7, 11) is 0. The highest BCUT2D eigenvalue weighted by molar-refractivity contribution is 5.71. The third kappa shape index (κ3) is 55.5. The van der Waals surface area contributed by atoms with Crippen LogP contribution in [-0.4, -0.2) is 37.2 Å². The summed E-state index contributed by atoms with van der Waals surface area (Å²) in [5.74, 6) is -0.915. The van der Waals surface area contributed by atoms with Crippen LogP contribution in [0.1, 0.15) is 284 Å². The lowest BCUT2D eigenvalue weighted by Crippen LogP contribution is -2.30. The molecule has 0 aliphatic heterocycles. The van der Waals surface area contributed by atoms with Gasteiger partial charge in [-0.25, -0.2) is 0 Å². The van der Waals surface area contributed by atoms with Gasteiger partial charge in [0.1, 0.15) is 13.2 Å². The van der Waals surface area contributed by atoms with Crippen LogP contribution < -0.4 is 0 Å². The van der Waals surface area contributed by atoms with Gasteiger partial charge in [0.15, 0.2) is 6.10 Å². The van der Waals surface area contributed by atoms with Crippen molar-refractivity contribution in [2.45, 2.75) is 290 Å². The van der Waals surface area contributed by atoms with Gasteiger partial charge in [0.05, 0.1) is 0 Å². The summed E-state index contributed by atoms with van der Waals surface area (Å²) < 4.78 is 16.8. The van der Waals surface area contributed by atoms with Crippen molar-refractivity contribution >= 4 is 17.9 Å². The number of esters is 3. The van der Waals surface area contributed by atoms with E-state index < -0.39 is 6.10 Å². The molecule has 0 aromatic heterocycles. The first-order valence-corrected chi connectivity index (χ1v) is 29.6. The zero-order valence-corrected chi connectivity index (χ0v) is 46.0. The molecule has 6 nitrogen and oxygen atoms in total. The Labute approximate surface area is 433 Å². The first kappa shape index (κ1) is 66.6. The molecule has 0 saturated carbocycles. The molecule has 0 radical (unpaired) electrons. The molecule has 0 N–H and O–H groups in total. The molecule has 0 saturated heterocycles. The van der Waals surface area contributed by atoms with E-state index in [0.717, 1.165) is 122 Å². The van der Waals surface area contributed by atoms with Gasteiger partial charge < -0.3 is 14.2 Å². The summed E-state index contributed by atoms with van der Waals surface area (Å²) in [5, 5.41) is 0. The molecule has 70 heavy (non-hydrogen) atoms. The van der Waals surface area contributed by atoms with E-state index in [-0.39, 0.29) is 31.1 Å². The van der Waals surface area contributed by atoms with Crippen LogP contribution in [0.4, 0.5) is 0 Å². The van der Waals surface area contributed by atoms with Crippen molar-refractivity contribution in [3.05, 3.63) is 85.1 Å². The molecule has 0 bridgehead atoms. The predicted octanol–water partition coefficient (Wildman–Crippen LogP) is 19.9. The van der Waals surface area contributed by atoms with Crippen LogP contribution in [0.25, 0.3) is 0 Å². The second-order valence-electron chi connectivity index (χ2n) is 19.5. The van der Waals surface area contributed by atoms with Crippen molar-refractivity contribution in [3.63, 3.8) is 0 Å². The lowest BCUT2D eigenvalue weighted by atomic mass is 10.0. The average molecular weight is 976 g/mol. The molecular weight excluding hydrogens is 865 g/mol. The first-order chi connectivity index (χ1) is 34.5. The van der Waals surface area contributed by atoms with Crippen LogP contribution in [0.15, 0.2) is 85.1 Å². The van der Waals surface area contributed by atoms with Crippen molar-refractivity contribution in [2.75, 3.05) is 13.2 Å². The fourth-order valence-corrected chi connectivity index (χ4v) is 8.21. The molecule has 0 spiro atoms. The van der Waals surface area contributed by atoms with E-state index in [1.54, 1.807) is 0 Å². The van der Waals surface area contributed by atoms with E-state index in [1.165, 1.54) is 122 Å². The molecule has 0 heterocycles.